The van der Waals surface area contributed by atoms with Gasteiger partial charge in [0.1, 0.15) is 11.9 Å². The van der Waals surface area contributed by atoms with Gasteiger partial charge in [-0.15, -0.1) is 0 Å². The molecule has 1 atom stereocenters. The Morgan fingerprint density at radius 1 is 1.35 bits per heavy atom. The van der Waals surface area contributed by atoms with Crippen molar-refractivity contribution in [1.82, 2.24) is 16.0 Å². The van der Waals surface area contributed by atoms with Gasteiger partial charge in [-0.25, -0.2) is 0 Å². The summed E-state index contributed by atoms with van der Waals surface area (Å²) in [6.07, 6.45) is 1.94. The fourth-order valence-electron chi connectivity index (χ4n) is 2.59. The van der Waals surface area contributed by atoms with E-state index in [9.17, 15) is 4.79 Å². The van der Waals surface area contributed by atoms with Gasteiger partial charge in [0.2, 0.25) is 5.91 Å². The molecular weight excluding hydrogens is 332 g/mol. The van der Waals surface area contributed by atoms with Crippen molar-refractivity contribution in [2.45, 2.75) is 39.3 Å². The highest BCUT2D eigenvalue weighted by atomic mass is 16.5. The number of aryl methyl sites for hydroxylation is 1. The van der Waals surface area contributed by atoms with Crippen LogP contribution in [-0.2, 0) is 16.1 Å². The Balaban J connectivity index is 1.89. The van der Waals surface area contributed by atoms with E-state index in [1.807, 2.05) is 19.9 Å². The summed E-state index contributed by atoms with van der Waals surface area (Å²) in [6, 6.07) is 6.15. The van der Waals surface area contributed by atoms with Crippen LogP contribution in [0.3, 0.4) is 0 Å². The number of ether oxygens (including phenoxy) is 2. The quantitative estimate of drug-likeness (QED) is 0.480. The van der Waals surface area contributed by atoms with Crippen LogP contribution in [-0.4, -0.2) is 51.3 Å². The van der Waals surface area contributed by atoms with Crippen LogP contribution in [0.4, 0.5) is 0 Å². The number of hydrogen-bond donors (Lipinski definition) is 3. The summed E-state index contributed by atoms with van der Waals surface area (Å²) in [5, 5.41) is 9.07. The van der Waals surface area contributed by atoms with E-state index in [0.717, 1.165) is 36.3 Å². The number of carbonyl (C=O) groups is 1. The van der Waals surface area contributed by atoms with Gasteiger partial charge in [-0.3, -0.25) is 9.79 Å². The van der Waals surface area contributed by atoms with Crippen molar-refractivity contribution in [1.29, 1.82) is 0 Å². The number of aliphatic imine (C=N–C) groups is 1. The first kappa shape index (κ1) is 20.0. The summed E-state index contributed by atoms with van der Waals surface area (Å²) in [4.78, 5) is 15.9. The smallest absolute Gasteiger partial charge is 0.239 e. The lowest BCUT2D eigenvalue weighted by atomic mass is 10.1. The average molecular weight is 362 g/mol. The van der Waals surface area contributed by atoms with Gasteiger partial charge >= 0.3 is 0 Å². The zero-order chi connectivity index (χ0) is 18.8. The molecule has 1 aliphatic heterocycles. The Morgan fingerprint density at radius 2 is 2.19 bits per heavy atom. The van der Waals surface area contributed by atoms with Crippen molar-refractivity contribution in [2.24, 2.45) is 4.99 Å². The maximum absolute atomic E-state index is 11.7. The molecule has 0 bridgehead atoms. The standard InChI is InChI=1S/C19H30N4O3/c1-4-8-21-18(24)12-23-19(20-3)22-11-15-6-5-14(2)10-17(15)26-16-7-9-25-13-16/h5-6,10,16H,4,7-9,11-13H2,1-3H3,(H,21,24)(H2,20,22,23). The minimum atomic E-state index is -0.0459. The molecule has 1 saturated heterocycles. The Hall–Kier alpha value is -2.28. The first-order valence-corrected chi connectivity index (χ1v) is 9.17. The Labute approximate surface area is 155 Å². The van der Waals surface area contributed by atoms with Crippen molar-refractivity contribution in [3.8, 4) is 5.75 Å². The predicted molar refractivity (Wildman–Crippen MR) is 103 cm³/mol. The molecule has 0 aliphatic carbocycles. The van der Waals surface area contributed by atoms with E-state index in [4.69, 9.17) is 9.47 Å². The number of rotatable bonds is 8. The van der Waals surface area contributed by atoms with Gasteiger partial charge in [-0.2, -0.15) is 0 Å². The monoisotopic (exact) mass is 362 g/mol. The molecule has 0 radical (unpaired) electrons. The molecule has 1 fully saturated rings. The van der Waals surface area contributed by atoms with Crippen molar-refractivity contribution >= 4 is 11.9 Å². The van der Waals surface area contributed by atoms with E-state index >= 15 is 0 Å². The molecule has 26 heavy (non-hydrogen) atoms. The molecular formula is C19H30N4O3. The van der Waals surface area contributed by atoms with E-state index < -0.39 is 0 Å². The molecule has 144 valence electrons. The van der Waals surface area contributed by atoms with Crippen LogP contribution in [0.1, 0.15) is 30.9 Å². The van der Waals surface area contributed by atoms with Crippen LogP contribution in [0.25, 0.3) is 0 Å². The molecule has 0 spiro atoms. The van der Waals surface area contributed by atoms with Crippen LogP contribution < -0.4 is 20.7 Å². The third-order valence-electron chi connectivity index (χ3n) is 4.06. The van der Waals surface area contributed by atoms with Gasteiger partial charge in [0.15, 0.2) is 5.96 Å². The average Bonchev–Trinajstić information content (AvgIpc) is 3.14. The molecule has 1 amide bonds. The van der Waals surface area contributed by atoms with Crippen molar-refractivity contribution in [3.63, 3.8) is 0 Å². The van der Waals surface area contributed by atoms with Crippen LogP contribution in [0.5, 0.6) is 5.75 Å². The van der Waals surface area contributed by atoms with Gasteiger partial charge in [-0.05, 0) is 25.0 Å². The molecule has 1 aromatic carbocycles. The van der Waals surface area contributed by atoms with Crippen LogP contribution in [0.15, 0.2) is 23.2 Å². The highest BCUT2D eigenvalue weighted by Gasteiger charge is 2.18. The SMILES string of the molecule is CCCNC(=O)CNC(=NC)NCc1ccc(C)cc1OC1CCOC1. The van der Waals surface area contributed by atoms with Gasteiger partial charge in [0.25, 0.3) is 0 Å². The highest BCUT2D eigenvalue weighted by Crippen LogP contribution is 2.23. The molecule has 0 aromatic heterocycles. The van der Waals surface area contributed by atoms with Gasteiger partial charge in [-0.1, -0.05) is 19.1 Å². The summed E-state index contributed by atoms with van der Waals surface area (Å²) in [6.45, 7) is 6.88. The predicted octanol–water partition coefficient (Wildman–Crippen LogP) is 1.35. The van der Waals surface area contributed by atoms with Crippen molar-refractivity contribution in [3.05, 3.63) is 29.3 Å². The molecule has 0 saturated carbocycles. The largest absolute Gasteiger partial charge is 0.488 e. The zero-order valence-corrected chi connectivity index (χ0v) is 15.9. The van der Waals surface area contributed by atoms with Gasteiger partial charge in [0, 0.05) is 32.1 Å². The molecule has 1 unspecified atom stereocenters. The lowest BCUT2D eigenvalue weighted by Gasteiger charge is -2.18. The third-order valence-corrected chi connectivity index (χ3v) is 4.06. The molecule has 3 N–H and O–H groups in total. The fraction of sp³-hybridized carbons (Fsp3) is 0.579. The molecule has 7 heteroatoms. The maximum Gasteiger partial charge on any atom is 0.239 e. The normalized spacial score (nSPS) is 17.0. The van der Waals surface area contributed by atoms with Crippen LogP contribution >= 0.6 is 0 Å². The van der Waals surface area contributed by atoms with E-state index in [1.165, 1.54) is 0 Å². The van der Waals surface area contributed by atoms with Crippen molar-refractivity contribution < 1.29 is 14.3 Å². The fourth-order valence-corrected chi connectivity index (χ4v) is 2.59. The Morgan fingerprint density at radius 3 is 2.88 bits per heavy atom. The molecule has 1 aromatic rings. The third kappa shape index (κ3) is 6.55. The Bertz CT molecular complexity index is 613. The number of nitrogens with zero attached hydrogens (tertiary/aromatic N) is 1. The zero-order valence-electron chi connectivity index (χ0n) is 15.9. The second kappa shape index (κ2) is 10.7. The number of nitrogens with one attached hydrogen (secondary N) is 3. The number of benzene rings is 1. The Kier molecular flexibility index (Phi) is 8.21. The van der Waals surface area contributed by atoms with E-state index in [0.29, 0.717) is 25.7 Å². The lowest BCUT2D eigenvalue weighted by Crippen LogP contribution is -2.43. The summed E-state index contributed by atoms with van der Waals surface area (Å²) in [5.74, 6) is 1.40. The van der Waals surface area contributed by atoms with E-state index in [1.54, 1.807) is 7.05 Å². The molecule has 7 nitrogen and oxygen atoms in total. The summed E-state index contributed by atoms with van der Waals surface area (Å²) in [5.41, 5.74) is 2.19. The summed E-state index contributed by atoms with van der Waals surface area (Å²) < 4.78 is 11.5. The first-order chi connectivity index (χ1) is 12.6. The summed E-state index contributed by atoms with van der Waals surface area (Å²) in [7, 11) is 1.68. The minimum absolute atomic E-state index is 0.0459. The van der Waals surface area contributed by atoms with Gasteiger partial charge in [0.05, 0.1) is 19.8 Å². The molecule has 1 aliphatic rings. The summed E-state index contributed by atoms with van der Waals surface area (Å²) >= 11 is 0. The van der Waals surface area contributed by atoms with Gasteiger partial charge < -0.3 is 25.4 Å². The van der Waals surface area contributed by atoms with Crippen molar-refractivity contribution in [2.75, 3.05) is 33.4 Å². The molecule has 1 heterocycles. The number of hydrogen-bond acceptors (Lipinski definition) is 4. The highest BCUT2D eigenvalue weighted by molar-refractivity contribution is 5.86. The van der Waals surface area contributed by atoms with Crippen LogP contribution in [0.2, 0.25) is 0 Å². The second-order valence-corrected chi connectivity index (χ2v) is 6.34. The van der Waals surface area contributed by atoms with E-state index in [2.05, 4.69) is 33.1 Å². The van der Waals surface area contributed by atoms with Crippen LogP contribution in [0, 0.1) is 6.92 Å². The second-order valence-electron chi connectivity index (χ2n) is 6.34. The maximum atomic E-state index is 11.7. The topological polar surface area (TPSA) is 84.0 Å². The number of carbonyl (C=O) groups excluding carboxylic acids is 1. The minimum Gasteiger partial charge on any atom is -0.488 e. The first-order valence-electron chi connectivity index (χ1n) is 9.17. The number of amides is 1. The van der Waals surface area contributed by atoms with E-state index in [-0.39, 0.29) is 18.6 Å². The number of guanidine groups is 1. The molecule has 2 rings (SSSR count). The lowest BCUT2D eigenvalue weighted by molar-refractivity contribution is -0.120.